The van der Waals surface area contributed by atoms with Crippen molar-refractivity contribution in [2.24, 2.45) is 0 Å². The first kappa shape index (κ1) is 21.3. The molecule has 0 radical (unpaired) electrons. The quantitative estimate of drug-likeness (QED) is 0.445. The molecule has 0 bridgehead atoms. The van der Waals surface area contributed by atoms with Crippen LogP contribution in [0.15, 0.2) is 88.3 Å². The molecule has 1 aromatic heterocycles. The van der Waals surface area contributed by atoms with Gasteiger partial charge in [0, 0.05) is 16.8 Å². The number of hydrogen-bond donors (Lipinski definition) is 2. The number of amides is 1. The third kappa shape index (κ3) is 5.01. The normalized spacial score (nSPS) is 11.2. The minimum absolute atomic E-state index is 0.0397. The Hall–Kier alpha value is -3.98. The fraction of sp³-hybridized carbons (Fsp3) is 0.0870. The van der Waals surface area contributed by atoms with E-state index in [0.29, 0.717) is 5.82 Å². The molecule has 0 unspecified atom stereocenters. The lowest BCUT2D eigenvalue weighted by Gasteiger charge is -2.10. The number of rotatable bonds is 7. The van der Waals surface area contributed by atoms with Crippen molar-refractivity contribution in [2.75, 3.05) is 4.72 Å². The van der Waals surface area contributed by atoms with Gasteiger partial charge in [-0.3, -0.25) is 9.52 Å². The van der Waals surface area contributed by atoms with Gasteiger partial charge < -0.3 is 9.84 Å². The number of aryl methyl sites for hydroxylation is 1. The minimum Gasteiger partial charge on any atom is -0.343 e. The lowest BCUT2D eigenvalue weighted by Crippen LogP contribution is -2.23. The van der Waals surface area contributed by atoms with Gasteiger partial charge in [-0.2, -0.15) is 4.98 Å². The van der Waals surface area contributed by atoms with Gasteiger partial charge in [0.25, 0.3) is 15.9 Å². The highest BCUT2D eigenvalue weighted by molar-refractivity contribution is 7.92. The van der Waals surface area contributed by atoms with E-state index in [9.17, 15) is 13.2 Å². The maximum Gasteiger partial charge on any atom is 0.261 e. The SMILES string of the molecule is Cc1ccc(S(=O)(=O)Nc2cccc(C(=O)NCc3nc(-c4ccccc4)no3)c2)cc1. The summed E-state index contributed by atoms with van der Waals surface area (Å²) in [5.74, 6) is 0.289. The third-order valence-corrected chi connectivity index (χ3v) is 6.01. The maximum absolute atomic E-state index is 12.6. The number of aromatic nitrogens is 2. The van der Waals surface area contributed by atoms with Gasteiger partial charge in [0.15, 0.2) is 0 Å². The van der Waals surface area contributed by atoms with E-state index >= 15 is 0 Å². The molecule has 0 aliphatic heterocycles. The van der Waals surface area contributed by atoms with Crippen LogP contribution in [0, 0.1) is 6.92 Å². The predicted octanol–water partition coefficient (Wildman–Crippen LogP) is 3.78. The zero-order chi connectivity index (χ0) is 22.6. The van der Waals surface area contributed by atoms with E-state index in [1.54, 1.807) is 30.3 Å². The Morgan fingerprint density at radius 1 is 0.969 bits per heavy atom. The molecule has 0 saturated heterocycles. The average Bonchev–Trinajstić information content (AvgIpc) is 3.27. The summed E-state index contributed by atoms with van der Waals surface area (Å²) >= 11 is 0. The van der Waals surface area contributed by atoms with Crippen LogP contribution in [0.2, 0.25) is 0 Å². The number of anilines is 1. The molecule has 2 N–H and O–H groups in total. The van der Waals surface area contributed by atoms with Gasteiger partial charge in [0.05, 0.1) is 11.4 Å². The topological polar surface area (TPSA) is 114 Å². The number of sulfonamides is 1. The number of nitrogens with one attached hydrogen (secondary N) is 2. The Balaban J connectivity index is 1.41. The van der Waals surface area contributed by atoms with E-state index in [-0.39, 0.29) is 28.6 Å². The van der Waals surface area contributed by atoms with Crippen molar-refractivity contribution < 1.29 is 17.7 Å². The van der Waals surface area contributed by atoms with Crippen molar-refractivity contribution >= 4 is 21.6 Å². The summed E-state index contributed by atoms with van der Waals surface area (Å²) < 4.78 is 32.9. The summed E-state index contributed by atoms with van der Waals surface area (Å²) in [6.45, 7) is 1.92. The number of benzene rings is 3. The van der Waals surface area contributed by atoms with E-state index < -0.39 is 15.9 Å². The second-order valence-corrected chi connectivity index (χ2v) is 8.74. The highest BCUT2D eigenvalue weighted by Gasteiger charge is 2.15. The molecule has 0 aliphatic rings. The van der Waals surface area contributed by atoms with Gasteiger partial charge in [0.2, 0.25) is 11.7 Å². The van der Waals surface area contributed by atoms with Crippen molar-refractivity contribution in [3.05, 3.63) is 95.9 Å². The molecule has 4 aromatic rings. The van der Waals surface area contributed by atoms with Crippen molar-refractivity contribution in [3.63, 3.8) is 0 Å². The Kier molecular flexibility index (Phi) is 6.00. The van der Waals surface area contributed by atoms with Crippen molar-refractivity contribution in [1.82, 2.24) is 15.5 Å². The van der Waals surface area contributed by atoms with Crippen LogP contribution in [0.3, 0.4) is 0 Å². The van der Waals surface area contributed by atoms with E-state index in [4.69, 9.17) is 4.52 Å². The molecular formula is C23H20N4O4S. The van der Waals surface area contributed by atoms with Gasteiger partial charge in [-0.05, 0) is 37.3 Å². The van der Waals surface area contributed by atoms with Crippen LogP contribution >= 0.6 is 0 Å². The average molecular weight is 449 g/mol. The molecule has 0 atom stereocenters. The fourth-order valence-electron chi connectivity index (χ4n) is 2.94. The van der Waals surface area contributed by atoms with Crippen molar-refractivity contribution in [2.45, 2.75) is 18.4 Å². The van der Waals surface area contributed by atoms with Gasteiger partial charge >= 0.3 is 0 Å². The van der Waals surface area contributed by atoms with Crippen LogP contribution < -0.4 is 10.0 Å². The molecule has 162 valence electrons. The third-order valence-electron chi connectivity index (χ3n) is 4.61. The monoisotopic (exact) mass is 448 g/mol. The molecular weight excluding hydrogens is 428 g/mol. The molecule has 32 heavy (non-hydrogen) atoms. The summed E-state index contributed by atoms with van der Waals surface area (Å²) in [4.78, 5) is 17.0. The van der Waals surface area contributed by atoms with E-state index in [1.807, 2.05) is 37.3 Å². The summed E-state index contributed by atoms with van der Waals surface area (Å²) in [6, 6.07) is 22.1. The highest BCUT2D eigenvalue weighted by atomic mass is 32.2. The summed E-state index contributed by atoms with van der Waals surface area (Å²) in [6.07, 6.45) is 0. The summed E-state index contributed by atoms with van der Waals surface area (Å²) in [5, 5.41) is 6.61. The Morgan fingerprint density at radius 3 is 2.47 bits per heavy atom. The molecule has 1 heterocycles. The molecule has 0 fully saturated rings. The lowest BCUT2D eigenvalue weighted by molar-refractivity contribution is 0.0946. The number of carbonyl (C=O) groups excluding carboxylic acids is 1. The molecule has 0 saturated carbocycles. The zero-order valence-electron chi connectivity index (χ0n) is 17.1. The molecule has 8 nitrogen and oxygen atoms in total. The zero-order valence-corrected chi connectivity index (χ0v) is 18.0. The second-order valence-electron chi connectivity index (χ2n) is 7.06. The Labute approximate surface area is 185 Å². The summed E-state index contributed by atoms with van der Waals surface area (Å²) in [7, 11) is -3.77. The van der Waals surface area contributed by atoms with Crippen LogP contribution in [0.25, 0.3) is 11.4 Å². The molecule has 3 aromatic carbocycles. The van der Waals surface area contributed by atoms with E-state index in [1.165, 1.54) is 18.2 Å². The maximum atomic E-state index is 12.6. The highest BCUT2D eigenvalue weighted by Crippen LogP contribution is 2.18. The number of hydrogen-bond acceptors (Lipinski definition) is 6. The first-order chi connectivity index (χ1) is 15.4. The van der Waals surface area contributed by atoms with Crippen LogP contribution in [-0.2, 0) is 16.6 Å². The van der Waals surface area contributed by atoms with Crippen molar-refractivity contribution in [1.29, 1.82) is 0 Å². The van der Waals surface area contributed by atoms with Crippen LogP contribution in [0.5, 0.6) is 0 Å². The van der Waals surface area contributed by atoms with Gasteiger partial charge in [-0.1, -0.05) is 59.3 Å². The van der Waals surface area contributed by atoms with Crippen LogP contribution in [0.4, 0.5) is 5.69 Å². The van der Waals surface area contributed by atoms with Crippen LogP contribution in [-0.4, -0.2) is 24.5 Å². The largest absolute Gasteiger partial charge is 0.343 e. The lowest BCUT2D eigenvalue weighted by atomic mass is 10.2. The van der Waals surface area contributed by atoms with Crippen LogP contribution in [0.1, 0.15) is 21.8 Å². The van der Waals surface area contributed by atoms with Gasteiger partial charge in [-0.15, -0.1) is 0 Å². The number of carbonyl (C=O) groups is 1. The Bertz CT molecular complexity index is 1330. The summed E-state index contributed by atoms with van der Waals surface area (Å²) in [5.41, 5.74) is 2.33. The van der Waals surface area contributed by atoms with E-state index in [2.05, 4.69) is 20.2 Å². The van der Waals surface area contributed by atoms with E-state index in [0.717, 1.165) is 11.1 Å². The first-order valence-electron chi connectivity index (χ1n) is 9.76. The number of nitrogens with zero attached hydrogens (tertiary/aromatic N) is 2. The van der Waals surface area contributed by atoms with Gasteiger partial charge in [0.1, 0.15) is 0 Å². The molecule has 9 heteroatoms. The van der Waals surface area contributed by atoms with Gasteiger partial charge in [-0.25, -0.2) is 8.42 Å². The second kappa shape index (κ2) is 9.03. The fourth-order valence-corrected chi connectivity index (χ4v) is 3.99. The molecule has 4 rings (SSSR count). The van der Waals surface area contributed by atoms with Crippen molar-refractivity contribution in [3.8, 4) is 11.4 Å². The Morgan fingerprint density at radius 2 is 1.72 bits per heavy atom. The standard InChI is InChI=1S/C23H20N4O4S/c1-16-10-12-20(13-11-16)32(29,30)27-19-9-5-8-18(14-19)23(28)24-15-21-25-22(26-31-21)17-6-3-2-4-7-17/h2-14,27H,15H2,1H3,(H,24,28). The smallest absolute Gasteiger partial charge is 0.261 e. The minimum atomic E-state index is -3.77. The molecule has 1 amide bonds. The first-order valence-corrected chi connectivity index (χ1v) is 11.2. The molecule has 0 spiro atoms. The predicted molar refractivity (Wildman–Crippen MR) is 119 cm³/mol. The molecule has 0 aliphatic carbocycles.